The van der Waals surface area contributed by atoms with Crippen LogP contribution in [-0.4, -0.2) is 23.8 Å². The van der Waals surface area contributed by atoms with Crippen LogP contribution in [0.15, 0.2) is 0 Å². The zero-order chi connectivity index (χ0) is 16.9. The molecule has 0 N–H and O–H groups in total. The maximum atomic E-state index is 13.1. The molecule has 0 aromatic rings. The summed E-state index contributed by atoms with van der Waals surface area (Å²) in [5.41, 5.74) is -0.160. The highest BCUT2D eigenvalue weighted by Crippen LogP contribution is 2.60. The van der Waals surface area contributed by atoms with E-state index in [1.165, 1.54) is 32.1 Å². The average Bonchev–Trinajstić information content (AvgIpc) is 3.01. The minimum Gasteiger partial charge on any atom is -0.458 e. The summed E-state index contributed by atoms with van der Waals surface area (Å²) >= 11 is 0. The molecule has 4 aliphatic carbocycles. The first-order valence-electron chi connectivity index (χ1n) is 10.5. The van der Waals surface area contributed by atoms with E-state index in [2.05, 4.69) is 20.8 Å². The normalized spacial score (nSPS) is 49.5. The Bertz CT molecular complexity index is 457. The van der Waals surface area contributed by atoms with Gasteiger partial charge in [-0.3, -0.25) is 4.79 Å². The van der Waals surface area contributed by atoms with Gasteiger partial charge in [-0.05, 0) is 81.5 Å². The third-order valence-corrected chi connectivity index (χ3v) is 7.86. The molecule has 1 saturated heterocycles. The number of carbonyl (C=O) groups excluding carboxylic acids is 1. The Balaban J connectivity index is 1.51. The second kappa shape index (κ2) is 6.30. The number of hydrogen-bond acceptors (Lipinski definition) is 3. The van der Waals surface area contributed by atoms with E-state index in [1.54, 1.807) is 0 Å². The lowest BCUT2D eigenvalue weighted by atomic mass is 9.49. The van der Waals surface area contributed by atoms with Crippen LogP contribution in [0.5, 0.6) is 0 Å². The van der Waals surface area contributed by atoms with E-state index < -0.39 is 0 Å². The molecule has 24 heavy (non-hydrogen) atoms. The fourth-order valence-corrected chi connectivity index (χ4v) is 6.79. The summed E-state index contributed by atoms with van der Waals surface area (Å²) < 4.78 is 12.5. The Hall–Kier alpha value is -0.570. The second-order valence-corrected chi connectivity index (χ2v) is 8.99. The monoisotopic (exact) mass is 334 g/mol. The summed E-state index contributed by atoms with van der Waals surface area (Å²) in [7, 11) is 0. The lowest BCUT2D eigenvalue weighted by Crippen LogP contribution is -2.59. The Kier molecular flexibility index (Phi) is 4.43. The lowest BCUT2D eigenvalue weighted by molar-refractivity contribution is -0.215. The van der Waals surface area contributed by atoms with Gasteiger partial charge >= 0.3 is 5.97 Å². The van der Waals surface area contributed by atoms with E-state index in [0.717, 1.165) is 37.5 Å². The van der Waals surface area contributed by atoms with Crippen LogP contribution < -0.4 is 0 Å². The fourth-order valence-electron chi connectivity index (χ4n) is 6.79. The maximum absolute atomic E-state index is 13.1. The minimum absolute atomic E-state index is 0.0411. The highest BCUT2D eigenvalue weighted by molar-refractivity contribution is 5.74. The van der Waals surface area contributed by atoms with E-state index in [9.17, 15) is 4.79 Å². The third kappa shape index (κ3) is 2.53. The van der Waals surface area contributed by atoms with Crippen molar-refractivity contribution >= 4 is 5.97 Å². The molecule has 5 rings (SSSR count). The molecule has 4 bridgehead atoms. The van der Waals surface area contributed by atoms with Gasteiger partial charge in [-0.25, -0.2) is 0 Å². The van der Waals surface area contributed by atoms with Crippen LogP contribution in [0.1, 0.15) is 78.6 Å². The Labute approximate surface area is 146 Å². The van der Waals surface area contributed by atoms with Gasteiger partial charge in [-0.15, -0.1) is 0 Å². The predicted octanol–water partition coefficient (Wildman–Crippen LogP) is 4.73. The quantitative estimate of drug-likeness (QED) is 0.682. The zero-order valence-corrected chi connectivity index (χ0v) is 15.6. The third-order valence-electron chi connectivity index (χ3n) is 7.86. The number of hydrogen-bond donors (Lipinski definition) is 0. The lowest BCUT2D eigenvalue weighted by Gasteiger charge is -2.60. The molecule has 0 aromatic heterocycles. The van der Waals surface area contributed by atoms with Gasteiger partial charge in [-0.1, -0.05) is 20.8 Å². The van der Waals surface area contributed by atoms with Crippen molar-refractivity contribution in [1.29, 1.82) is 0 Å². The number of esters is 1. The highest BCUT2D eigenvalue weighted by atomic mass is 16.6. The second-order valence-electron chi connectivity index (χ2n) is 8.99. The zero-order valence-electron chi connectivity index (χ0n) is 15.6. The van der Waals surface area contributed by atoms with Gasteiger partial charge in [0.05, 0.1) is 18.1 Å². The molecule has 1 aliphatic heterocycles. The SMILES string of the molecule is CCC1CC(C(=O)OC2(CC)C3CC4CC(C3)CC2C4)C(CC)O1. The van der Waals surface area contributed by atoms with E-state index in [4.69, 9.17) is 9.47 Å². The summed E-state index contributed by atoms with van der Waals surface area (Å²) in [6, 6.07) is 0. The molecule has 4 saturated carbocycles. The molecule has 3 heteroatoms. The molecule has 0 aromatic carbocycles. The standard InChI is InChI=1S/C21H34O3/c1-4-17-12-18(19(5-2)23-17)20(22)24-21(6-3)15-8-13-7-14(10-15)11-16(21)9-13/h13-19H,4-12H2,1-3H3. The van der Waals surface area contributed by atoms with Gasteiger partial charge in [0.2, 0.25) is 0 Å². The minimum atomic E-state index is -0.160. The van der Waals surface area contributed by atoms with E-state index >= 15 is 0 Å². The molecule has 3 atom stereocenters. The van der Waals surface area contributed by atoms with E-state index in [0.29, 0.717) is 11.8 Å². The summed E-state index contributed by atoms with van der Waals surface area (Å²) in [5, 5.41) is 0. The van der Waals surface area contributed by atoms with Crippen LogP contribution in [-0.2, 0) is 14.3 Å². The molecule has 3 nitrogen and oxygen atoms in total. The van der Waals surface area contributed by atoms with Crippen LogP contribution in [0, 0.1) is 29.6 Å². The molecule has 5 fully saturated rings. The van der Waals surface area contributed by atoms with Crippen molar-refractivity contribution in [2.75, 3.05) is 0 Å². The maximum Gasteiger partial charge on any atom is 0.312 e. The number of ether oxygens (including phenoxy) is 2. The predicted molar refractivity (Wildman–Crippen MR) is 93.5 cm³/mol. The van der Waals surface area contributed by atoms with Crippen LogP contribution in [0.2, 0.25) is 0 Å². The topological polar surface area (TPSA) is 35.5 Å². The van der Waals surface area contributed by atoms with Crippen LogP contribution in [0.25, 0.3) is 0 Å². The molecule has 3 unspecified atom stereocenters. The van der Waals surface area contributed by atoms with E-state index in [1.807, 2.05) is 0 Å². The van der Waals surface area contributed by atoms with Crippen molar-refractivity contribution in [3.8, 4) is 0 Å². The Morgan fingerprint density at radius 1 is 0.958 bits per heavy atom. The summed E-state index contributed by atoms with van der Waals surface area (Å²) in [6.45, 7) is 6.52. The summed E-state index contributed by atoms with van der Waals surface area (Å²) in [6.07, 6.45) is 10.7. The molecule has 136 valence electrons. The first kappa shape index (κ1) is 16.9. The summed E-state index contributed by atoms with van der Waals surface area (Å²) in [5.74, 6) is 3.06. The largest absolute Gasteiger partial charge is 0.458 e. The first-order valence-corrected chi connectivity index (χ1v) is 10.5. The van der Waals surface area contributed by atoms with Crippen LogP contribution in [0.4, 0.5) is 0 Å². The van der Waals surface area contributed by atoms with Gasteiger partial charge in [0, 0.05) is 0 Å². The highest BCUT2D eigenvalue weighted by Gasteiger charge is 2.59. The average molecular weight is 335 g/mol. The van der Waals surface area contributed by atoms with Crippen LogP contribution in [0.3, 0.4) is 0 Å². The molecule has 0 amide bonds. The van der Waals surface area contributed by atoms with Crippen molar-refractivity contribution in [3.05, 3.63) is 0 Å². The Morgan fingerprint density at radius 2 is 1.58 bits per heavy atom. The molecular formula is C21H34O3. The van der Waals surface area contributed by atoms with Crippen molar-refractivity contribution < 1.29 is 14.3 Å². The molecular weight excluding hydrogens is 300 g/mol. The van der Waals surface area contributed by atoms with Gasteiger partial charge in [0.25, 0.3) is 0 Å². The van der Waals surface area contributed by atoms with Gasteiger partial charge in [-0.2, -0.15) is 0 Å². The number of carbonyl (C=O) groups is 1. The molecule has 5 aliphatic rings. The molecule has 1 heterocycles. The van der Waals surface area contributed by atoms with Gasteiger partial charge in [0.15, 0.2) is 0 Å². The first-order chi connectivity index (χ1) is 11.6. The van der Waals surface area contributed by atoms with Gasteiger partial charge in [0.1, 0.15) is 5.60 Å². The van der Waals surface area contributed by atoms with Crippen molar-refractivity contribution in [2.24, 2.45) is 29.6 Å². The van der Waals surface area contributed by atoms with E-state index in [-0.39, 0.29) is 29.7 Å². The molecule has 0 radical (unpaired) electrons. The fraction of sp³-hybridized carbons (Fsp3) is 0.952. The van der Waals surface area contributed by atoms with Gasteiger partial charge < -0.3 is 9.47 Å². The van der Waals surface area contributed by atoms with Crippen molar-refractivity contribution in [3.63, 3.8) is 0 Å². The van der Waals surface area contributed by atoms with Crippen LogP contribution >= 0.6 is 0 Å². The van der Waals surface area contributed by atoms with Crippen molar-refractivity contribution in [2.45, 2.75) is 96.4 Å². The smallest absolute Gasteiger partial charge is 0.312 e. The molecule has 0 spiro atoms. The summed E-state index contributed by atoms with van der Waals surface area (Å²) in [4.78, 5) is 13.1. The van der Waals surface area contributed by atoms with Crippen molar-refractivity contribution in [1.82, 2.24) is 0 Å². The Morgan fingerprint density at radius 3 is 2.08 bits per heavy atom. The number of rotatable bonds is 5.